The first-order valence-corrected chi connectivity index (χ1v) is 8.08. The predicted molar refractivity (Wildman–Crippen MR) is 76.7 cm³/mol. The Kier molecular flexibility index (Phi) is 4.86. The van der Waals surface area contributed by atoms with Crippen LogP contribution in [0.5, 0.6) is 0 Å². The number of aromatic amines is 1. The van der Waals surface area contributed by atoms with Crippen LogP contribution in [0, 0.1) is 0 Å². The number of rotatable bonds is 7. The van der Waals surface area contributed by atoms with Gasteiger partial charge in [-0.15, -0.1) is 0 Å². The molecule has 0 bridgehead atoms. The van der Waals surface area contributed by atoms with Crippen molar-refractivity contribution >= 4 is 10.0 Å². The van der Waals surface area contributed by atoms with Crippen LogP contribution in [0.25, 0.3) is 0 Å². The van der Waals surface area contributed by atoms with Gasteiger partial charge in [0.2, 0.25) is 10.0 Å². The Morgan fingerprint density at radius 3 is 2.70 bits per heavy atom. The van der Waals surface area contributed by atoms with E-state index in [9.17, 15) is 8.42 Å². The van der Waals surface area contributed by atoms with Gasteiger partial charge in [-0.1, -0.05) is 37.3 Å². The van der Waals surface area contributed by atoms with Crippen molar-refractivity contribution in [1.82, 2.24) is 19.9 Å². The Labute approximate surface area is 118 Å². The SMILES string of the molecule is CC(CS(=O)(=O)NCCc1ncn[nH]1)c1ccccc1. The van der Waals surface area contributed by atoms with Crippen molar-refractivity contribution in [3.63, 3.8) is 0 Å². The molecule has 0 aliphatic carbocycles. The molecule has 1 atom stereocenters. The van der Waals surface area contributed by atoms with Crippen LogP contribution in [0.4, 0.5) is 0 Å². The third kappa shape index (κ3) is 4.43. The molecule has 0 fully saturated rings. The summed E-state index contributed by atoms with van der Waals surface area (Å²) in [6, 6.07) is 9.62. The van der Waals surface area contributed by atoms with E-state index >= 15 is 0 Å². The molecule has 1 aromatic heterocycles. The summed E-state index contributed by atoms with van der Waals surface area (Å²) >= 11 is 0. The monoisotopic (exact) mass is 294 g/mol. The molecule has 2 rings (SSSR count). The summed E-state index contributed by atoms with van der Waals surface area (Å²) in [6.45, 7) is 2.23. The van der Waals surface area contributed by atoms with Gasteiger partial charge in [-0.05, 0) is 11.5 Å². The number of H-pyrrole nitrogens is 1. The van der Waals surface area contributed by atoms with E-state index in [1.54, 1.807) is 0 Å². The topological polar surface area (TPSA) is 87.7 Å². The summed E-state index contributed by atoms with van der Waals surface area (Å²) in [4.78, 5) is 3.94. The molecule has 1 aromatic carbocycles. The maximum atomic E-state index is 12.0. The second-order valence-corrected chi connectivity index (χ2v) is 6.52. The third-order valence-electron chi connectivity index (χ3n) is 2.99. The zero-order valence-corrected chi connectivity index (χ0v) is 12.1. The smallest absolute Gasteiger partial charge is 0.212 e. The summed E-state index contributed by atoms with van der Waals surface area (Å²) in [5.74, 6) is 0.704. The molecular formula is C13H18N4O2S. The highest BCUT2D eigenvalue weighted by Crippen LogP contribution is 2.16. The van der Waals surface area contributed by atoms with Crippen LogP contribution in [0.1, 0.15) is 24.2 Å². The zero-order chi connectivity index (χ0) is 14.4. The van der Waals surface area contributed by atoms with E-state index in [0.717, 1.165) is 5.56 Å². The number of nitrogens with zero attached hydrogens (tertiary/aromatic N) is 2. The fourth-order valence-corrected chi connectivity index (χ4v) is 3.32. The second-order valence-electron chi connectivity index (χ2n) is 4.67. The fourth-order valence-electron chi connectivity index (χ4n) is 1.94. The quantitative estimate of drug-likeness (QED) is 0.799. The van der Waals surface area contributed by atoms with E-state index in [1.165, 1.54) is 6.33 Å². The molecule has 0 spiro atoms. The maximum absolute atomic E-state index is 12.0. The van der Waals surface area contributed by atoms with E-state index in [4.69, 9.17) is 0 Å². The molecule has 1 unspecified atom stereocenters. The molecule has 0 radical (unpaired) electrons. The van der Waals surface area contributed by atoms with E-state index in [1.807, 2.05) is 37.3 Å². The van der Waals surface area contributed by atoms with Crippen molar-refractivity contribution in [2.24, 2.45) is 0 Å². The van der Waals surface area contributed by atoms with Gasteiger partial charge in [-0.3, -0.25) is 5.10 Å². The highest BCUT2D eigenvalue weighted by molar-refractivity contribution is 7.89. The molecule has 2 aromatic rings. The van der Waals surface area contributed by atoms with Gasteiger partial charge in [-0.25, -0.2) is 18.1 Å². The number of hydrogen-bond acceptors (Lipinski definition) is 4. The van der Waals surface area contributed by atoms with Crippen LogP contribution in [0.3, 0.4) is 0 Å². The van der Waals surface area contributed by atoms with Gasteiger partial charge in [-0.2, -0.15) is 5.10 Å². The summed E-state index contributed by atoms with van der Waals surface area (Å²) in [5.41, 5.74) is 1.02. The molecule has 0 aliphatic heterocycles. The number of aromatic nitrogens is 3. The standard InChI is InChI=1S/C13H18N4O2S/c1-11(12-5-3-2-4-6-12)9-20(18,19)16-8-7-13-14-10-15-17-13/h2-6,10-11,16H,7-9H2,1H3,(H,14,15,17). The Morgan fingerprint density at radius 2 is 2.05 bits per heavy atom. The summed E-state index contributed by atoms with van der Waals surface area (Å²) in [5, 5.41) is 6.41. The van der Waals surface area contributed by atoms with Gasteiger partial charge < -0.3 is 0 Å². The van der Waals surface area contributed by atoms with Crippen LogP contribution < -0.4 is 4.72 Å². The van der Waals surface area contributed by atoms with Gasteiger partial charge in [0.15, 0.2) is 0 Å². The van der Waals surface area contributed by atoms with Crippen molar-refractivity contribution < 1.29 is 8.42 Å². The van der Waals surface area contributed by atoms with Crippen molar-refractivity contribution in [2.45, 2.75) is 19.3 Å². The highest BCUT2D eigenvalue weighted by atomic mass is 32.2. The summed E-state index contributed by atoms with van der Waals surface area (Å²) in [7, 11) is -3.29. The minimum Gasteiger partial charge on any atom is -0.263 e. The van der Waals surface area contributed by atoms with Gasteiger partial charge in [0.25, 0.3) is 0 Å². The van der Waals surface area contributed by atoms with Crippen LogP contribution in [0.2, 0.25) is 0 Å². The van der Waals surface area contributed by atoms with Crippen molar-refractivity contribution in [3.05, 3.63) is 48.0 Å². The van der Waals surface area contributed by atoms with Gasteiger partial charge in [0, 0.05) is 13.0 Å². The molecule has 2 N–H and O–H groups in total. The lowest BCUT2D eigenvalue weighted by Gasteiger charge is -2.12. The summed E-state index contributed by atoms with van der Waals surface area (Å²) < 4.78 is 26.6. The van der Waals surface area contributed by atoms with Crippen LogP contribution in [-0.4, -0.2) is 35.9 Å². The first-order chi connectivity index (χ1) is 9.57. The lowest BCUT2D eigenvalue weighted by Crippen LogP contribution is -2.30. The minimum absolute atomic E-state index is 0.0426. The second kappa shape index (κ2) is 6.62. The molecule has 6 nitrogen and oxygen atoms in total. The zero-order valence-electron chi connectivity index (χ0n) is 11.3. The number of sulfonamides is 1. The number of nitrogens with one attached hydrogen (secondary N) is 2. The number of hydrogen-bond donors (Lipinski definition) is 2. The molecule has 0 saturated carbocycles. The van der Waals surface area contributed by atoms with Gasteiger partial charge >= 0.3 is 0 Å². The lowest BCUT2D eigenvalue weighted by molar-refractivity contribution is 0.575. The first kappa shape index (κ1) is 14.7. The van der Waals surface area contributed by atoms with Crippen LogP contribution >= 0.6 is 0 Å². The molecule has 0 saturated heterocycles. The normalized spacial score (nSPS) is 13.2. The molecule has 0 aliphatic rings. The molecule has 108 valence electrons. The molecule has 1 heterocycles. The molecule has 7 heteroatoms. The van der Waals surface area contributed by atoms with Crippen molar-refractivity contribution in [3.8, 4) is 0 Å². The van der Waals surface area contributed by atoms with E-state index in [0.29, 0.717) is 18.8 Å². The van der Waals surface area contributed by atoms with E-state index < -0.39 is 10.0 Å². The summed E-state index contributed by atoms with van der Waals surface area (Å²) in [6.07, 6.45) is 1.90. The lowest BCUT2D eigenvalue weighted by atomic mass is 10.0. The Bertz CT molecular complexity index is 611. The van der Waals surface area contributed by atoms with Gasteiger partial charge in [0.1, 0.15) is 12.2 Å². The largest absolute Gasteiger partial charge is 0.263 e. The van der Waals surface area contributed by atoms with Crippen molar-refractivity contribution in [2.75, 3.05) is 12.3 Å². The Morgan fingerprint density at radius 1 is 1.30 bits per heavy atom. The molecular weight excluding hydrogens is 276 g/mol. The highest BCUT2D eigenvalue weighted by Gasteiger charge is 2.16. The van der Waals surface area contributed by atoms with Crippen LogP contribution in [0.15, 0.2) is 36.7 Å². The van der Waals surface area contributed by atoms with Gasteiger partial charge in [0.05, 0.1) is 5.75 Å². The maximum Gasteiger partial charge on any atom is 0.212 e. The average molecular weight is 294 g/mol. The molecule has 20 heavy (non-hydrogen) atoms. The average Bonchev–Trinajstić information content (AvgIpc) is 2.92. The predicted octanol–water partition coefficient (Wildman–Crippen LogP) is 1.07. The van der Waals surface area contributed by atoms with Crippen LogP contribution in [-0.2, 0) is 16.4 Å². The fraction of sp³-hybridized carbons (Fsp3) is 0.385. The number of benzene rings is 1. The Hall–Kier alpha value is -1.73. The third-order valence-corrected chi connectivity index (χ3v) is 4.57. The van der Waals surface area contributed by atoms with Crippen molar-refractivity contribution in [1.29, 1.82) is 0 Å². The minimum atomic E-state index is -3.29. The van der Waals surface area contributed by atoms with E-state index in [-0.39, 0.29) is 11.7 Å². The Balaban J connectivity index is 1.84. The molecule has 0 amide bonds. The van der Waals surface area contributed by atoms with E-state index in [2.05, 4.69) is 19.9 Å². The first-order valence-electron chi connectivity index (χ1n) is 6.43.